The van der Waals surface area contributed by atoms with Gasteiger partial charge in [0.25, 0.3) is 0 Å². The summed E-state index contributed by atoms with van der Waals surface area (Å²) in [5, 5.41) is 2.50. The quantitative estimate of drug-likeness (QED) is 0.794. The zero-order chi connectivity index (χ0) is 15.7. The molecule has 0 unspecified atom stereocenters. The minimum absolute atomic E-state index is 0.0351. The van der Waals surface area contributed by atoms with Crippen molar-refractivity contribution < 1.29 is 14.3 Å². The molecule has 4 heteroatoms. The summed E-state index contributed by atoms with van der Waals surface area (Å²) in [5.41, 5.74) is 1.09. The van der Waals surface area contributed by atoms with Gasteiger partial charge in [-0.25, -0.2) is 4.79 Å². The average Bonchev–Trinajstić information content (AvgIpc) is 2.50. The number of benzene rings is 1. The van der Waals surface area contributed by atoms with E-state index in [2.05, 4.69) is 26.1 Å². The number of hydrogen-bond acceptors (Lipinski definition) is 3. The maximum Gasteiger partial charge on any atom is 0.407 e. The van der Waals surface area contributed by atoms with E-state index in [0.29, 0.717) is 6.42 Å². The van der Waals surface area contributed by atoms with Gasteiger partial charge in [0.2, 0.25) is 0 Å². The number of carbonyl (C=O) groups is 2. The Morgan fingerprint density at radius 1 is 1.19 bits per heavy atom. The van der Waals surface area contributed by atoms with Crippen LogP contribution in [0.25, 0.3) is 0 Å². The maximum absolute atomic E-state index is 11.7. The van der Waals surface area contributed by atoms with E-state index in [1.165, 1.54) is 0 Å². The normalized spacial score (nSPS) is 11.0. The van der Waals surface area contributed by atoms with Crippen LogP contribution in [0.3, 0.4) is 0 Å². The SMILES string of the molecule is CCC(C)(C)CCC(=O)CNC(=O)OCc1ccccc1. The summed E-state index contributed by atoms with van der Waals surface area (Å²) in [6.07, 6.45) is 1.80. The number of ketones is 1. The highest BCUT2D eigenvalue weighted by Crippen LogP contribution is 2.25. The van der Waals surface area contributed by atoms with Crippen molar-refractivity contribution in [1.29, 1.82) is 0 Å². The third-order valence-electron chi connectivity index (χ3n) is 3.68. The van der Waals surface area contributed by atoms with Crippen molar-refractivity contribution in [3.8, 4) is 0 Å². The summed E-state index contributed by atoms with van der Waals surface area (Å²) >= 11 is 0. The fourth-order valence-electron chi connectivity index (χ4n) is 1.69. The first-order valence-electron chi connectivity index (χ1n) is 7.39. The molecule has 0 aromatic heterocycles. The third-order valence-corrected chi connectivity index (χ3v) is 3.68. The van der Waals surface area contributed by atoms with Crippen LogP contribution in [0.2, 0.25) is 0 Å². The van der Waals surface area contributed by atoms with Gasteiger partial charge in [0.1, 0.15) is 6.61 Å². The first-order chi connectivity index (χ1) is 9.93. The van der Waals surface area contributed by atoms with Gasteiger partial charge in [0.15, 0.2) is 5.78 Å². The minimum atomic E-state index is -0.554. The van der Waals surface area contributed by atoms with Gasteiger partial charge in [-0.3, -0.25) is 4.79 Å². The number of carbonyl (C=O) groups excluding carboxylic acids is 2. The lowest BCUT2D eigenvalue weighted by atomic mass is 9.84. The Morgan fingerprint density at radius 2 is 1.86 bits per heavy atom. The number of Topliss-reactive ketones (excluding diaryl/α,β-unsaturated/α-hetero) is 1. The lowest BCUT2D eigenvalue weighted by molar-refractivity contribution is -0.118. The molecule has 0 fully saturated rings. The van der Waals surface area contributed by atoms with Crippen LogP contribution in [0.5, 0.6) is 0 Å². The lowest BCUT2D eigenvalue weighted by Crippen LogP contribution is -2.30. The Kier molecular flexibility index (Phi) is 6.92. The highest BCUT2D eigenvalue weighted by Gasteiger charge is 2.17. The molecular weight excluding hydrogens is 266 g/mol. The lowest BCUT2D eigenvalue weighted by Gasteiger charge is -2.21. The summed E-state index contributed by atoms with van der Waals surface area (Å²) in [6, 6.07) is 9.43. The molecule has 0 heterocycles. The van der Waals surface area contributed by atoms with Crippen LogP contribution in [0, 0.1) is 5.41 Å². The van der Waals surface area contributed by atoms with Crippen molar-refractivity contribution in [2.45, 2.75) is 46.6 Å². The van der Waals surface area contributed by atoms with Crippen molar-refractivity contribution in [3.63, 3.8) is 0 Å². The highest BCUT2D eigenvalue weighted by molar-refractivity contribution is 5.83. The molecule has 0 bridgehead atoms. The Morgan fingerprint density at radius 3 is 2.48 bits per heavy atom. The van der Waals surface area contributed by atoms with E-state index < -0.39 is 6.09 Å². The van der Waals surface area contributed by atoms with Crippen molar-refractivity contribution in [2.75, 3.05) is 6.54 Å². The predicted molar refractivity (Wildman–Crippen MR) is 82.9 cm³/mol. The van der Waals surface area contributed by atoms with Gasteiger partial charge in [-0.2, -0.15) is 0 Å². The molecule has 21 heavy (non-hydrogen) atoms. The minimum Gasteiger partial charge on any atom is -0.445 e. The van der Waals surface area contributed by atoms with E-state index in [4.69, 9.17) is 4.74 Å². The smallest absolute Gasteiger partial charge is 0.407 e. The summed E-state index contributed by atoms with van der Waals surface area (Å²) in [6.45, 7) is 6.64. The van der Waals surface area contributed by atoms with Crippen LogP contribution < -0.4 is 5.32 Å². The molecule has 0 saturated carbocycles. The fourth-order valence-corrected chi connectivity index (χ4v) is 1.69. The van der Waals surface area contributed by atoms with Crippen LogP contribution in [0.15, 0.2) is 30.3 Å². The summed E-state index contributed by atoms with van der Waals surface area (Å²) in [4.78, 5) is 23.2. The number of alkyl carbamates (subject to hydrolysis) is 1. The molecule has 0 saturated heterocycles. The van der Waals surface area contributed by atoms with Gasteiger partial charge >= 0.3 is 6.09 Å². The van der Waals surface area contributed by atoms with Crippen LogP contribution in [-0.4, -0.2) is 18.4 Å². The van der Waals surface area contributed by atoms with Gasteiger partial charge in [-0.05, 0) is 17.4 Å². The second kappa shape index (κ2) is 8.45. The molecule has 1 aromatic carbocycles. The van der Waals surface area contributed by atoms with Crippen LogP contribution >= 0.6 is 0 Å². The number of nitrogens with one attached hydrogen (secondary N) is 1. The van der Waals surface area contributed by atoms with E-state index >= 15 is 0 Å². The first kappa shape index (κ1) is 17.2. The van der Waals surface area contributed by atoms with Crippen LogP contribution in [0.4, 0.5) is 4.79 Å². The second-order valence-electron chi connectivity index (χ2n) is 5.97. The number of amides is 1. The molecule has 1 N–H and O–H groups in total. The molecule has 0 spiro atoms. The molecule has 0 aliphatic heterocycles. The maximum atomic E-state index is 11.7. The molecule has 1 rings (SSSR count). The molecule has 0 aliphatic carbocycles. The topological polar surface area (TPSA) is 55.4 Å². The molecule has 4 nitrogen and oxygen atoms in total. The van der Waals surface area contributed by atoms with E-state index in [0.717, 1.165) is 18.4 Å². The molecule has 0 atom stereocenters. The standard InChI is InChI=1S/C17H25NO3/c1-4-17(2,3)11-10-15(19)12-18-16(20)21-13-14-8-6-5-7-9-14/h5-9H,4,10-13H2,1-3H3,(H,18,20). The summed E-state index contributed by atoms with van der Waals surface area (Å²) in [5.74, 6) is 0.0354. The van der Waals surface area contributed by atoms with E-state index in [9.17, 15) is 9.59 Å². The molecule has 0 radical (unpaired) electrons. The molecule has 0 aliphatic rings. The van der Waals surface area contributed by atoms with Crippen molar-refractivity contribution in [2.24, 2.45) is 5.41 Å². The van der Waals surface area contributed by atoms with E-state index in [1.54, 1.807) is 0 Å². The van der Waals surface area contributed by atoms with Gasteiger partial charge in [0.05, 0.1) is 6.54 Å². The van der Waals surface area contributed by atoms with Crippen LogP contribution in [-0.2, 0) is 16.1 Å². The van der Waals surface area contributed by atoms with Crippen molar-refractivity contribution in [1.82, 2.24) is 5.32 Å². The zero-order valence-electron chi connectivity index (χ0n) is 13.1. The Labute approximate surface area is 126 Å². The monoisotopic (exact) mass is 291 g/mol. The predicted octanol–water partition coefficient (Wildman–Crippen LogP) is 3.70. The second-order valence-corrected chi connectivity index (χ2v) is 5.97. The summed E-state index contributed by atoms with van der Waals surface area (Å²) in [7, 11) is 0. The van der Waals surface area contributed by atoms with Gasteiger partial charge in [0, 0.05) is 6.42 Å². The van der Waals surface area contributed by atoms with E-state index in [1.807, 2.05) is 30.3 Å². The Hall–Kier alpha value is -1.84. The van der Waals surface area contributed by atoms with Gasteiger partial charge in [-0.15, -0.1) is 0 Å². The molecule has 1 aromatic rings. The largest absolute Gasteiger partial charge is 0.445 e. The average molecular weight is 291 g/mol. The third kappa shape index (κ3) is 7.49. The Bertz CT molecular complexity index is 454. The molecule has 1 amide bonds. The van der Waals surface area contributed by atoms with Crippen LogP contribution in [0.1, 0.15) is 45.6 Å². The van der Waals surface area contributed by atoms with Gasteiger partial charge in [-0.1, -0.05) is 57.5 Å². The highest BCUT2D eigenvalue weighted by atomic mass is 16.5. The molecule has 116 valence electrons. The molecular formula is C17H25NO3. The van der Waals surface area contributed by atoms with Crippen molar-refractivity contribution in [3.05, 3.63) is 35.9 Å². The van der Waals surface area contributed by atoms with E-state index in [-0.39, 0.29) is 24.3 Å². The zero-order valence-corrected chi connectivity index (χ0v) is 13.1. The fraction of sp³-hybridized carbons (Fsp3) is 0.529. The Balaban J connectivity index is 2.19. The summed E-state index contributed by atoms with van der Waals surface area (Å²) < 4.78 is 5.04. The number of hydrogen-bond donors (Lipinski definition) is 1. The van der Waals surface area contributed by atoms with Gasteiger partial charge < -0.3 is 10.1 Å². The first-order valence-corrected chi connectivity index (χ1v) is 7.39. The number of rotatable bonds is 8. The number of ether oxygens (including phenoxy) is 1. The van der Waals surface area contributed by atoms with Crippen molar-refractivity contribution >= 4 is 11.9 Å².